The summed E-state index contributed by atoms with van der Waals surface area (Å²) in [5.41, 5.74) is 5.41. The minimum atomic E-state index is -0.540. The van der Waals surface area contributed by atoms with Crippen molar-refractivity contribution in [2.75, 3.05) is 72.5 Å². The first-order chi connectivity index (χ1) is 48.5. The number of unbranched alkanes of at least 4 members (excludes halogenated alkanes) is 2. The standard InChI is InChI=1S/C39H42FN3O8.C39H43N3O8/c1-6-7-18-49-34-21-29(39(47)48-5)12-17-32(34)42-37(45)28-11-16-33(36(20-28)50-22-24(2)3)43-38(46)27-10-15-31(41-25(4)44)35(19-27)51-23-26-8-13-30(40)14-9-26;1-6-7-19-48-34-20-28(14-17-32(34)41-38(45)29-13-16-31(40-26(4)43)35(21-29)49-23-25(2)3)37(44)42-33-18-15-30(39(46)47-5)22-36(33)50-24-27-11-9-8-10-12-27/h8-17,19-21,24H,6-7,18,22-23H2,1-5H3,(H,41,44)(H,42,45)(H,43,46);8-18,20-22,25H,6-7,19,23-24H2,1-5H3,(H,40,43)(H,41,45)(H,42,44). The molecule has 0 bridgehead atoms. The number of halogens is 1. The Labute approximate surface area is 586 Å². The smallest absolute Gasteiger partial charge is 0.337 e. The van der Waals surface area contributed by atoms with E-state index in [1.807, 2.05) is 71.9 Å². The summed E-state index contributed by atoms with van der Waals surface area (Å²) in [4.78, 5) is 102. The van der Waals surface area contributed by atoms with Gasteiger partial charge in [0.1, 0.15) is 53.5 Å². The van der Waals surface area contributed by atoms with Crippen molar-refractivity contribution < 1.29 is 80.6 Å². The van der Waals surface area contributed by atoms with E-state index < -0.39 is 35.6 Å². The summed E-state index contributed by atoms with van der Waals surface area (Å²) in [5.74, 6) is -1.72. The van der Waals surface area contributed by atoms with E-state index in [0.717, 1.165) is 31.2 Å². The maximum absolute atomic E-state index is 13.6. The van der Waals surface area contributed by atoms with Crippen LogP contribution in [0.5, 0.6) is 34.5 Å². The van der Waals surface area contributed by atoms with Crippen molar-refractivity contribution in [2.24, 2.45) is 11.8 Å². The fourth-order valence-corrected chi connectivity index (χ4v) is 9.32. The number of nitrogens with one attached hydrogen (secondary N) is 6. The van der Waals surface area contributed by atoms with Crippen LogP contribution in [-0.4, -0.2) is 88.0 Å². The fourth-order valence-electron chi connectivity index (χ4n) is 9.32. The molecule has 0 saturated carbocycles. The summed E-state index contributed by atoms with van der Waals surface area (Å²) in [5, 5.41) is 16.9. The van der Waals surface area contributed by atoms with Gasteiger partial charge in [0.05, 0.1) is 85.9 Å². The summed E-state index contributed by atoms with van der Waals surface area (Å²) in [6.07, 6.45) is 3.33. The van der Waals surface area contributed by atoms with Gasteiger partial charge in [-0.1, -0.05) is 96.8 Å². The van der Waals surface area contributed by atoms with Gasteiger partial charge >= 0.3 is 11.9 Å². The van der Waals surface area contributed by atoms with Crippen molar-refractivity contribution in [3.63, 3.8) is 0 Å². The number of rotatable bonds is 32. The Morgan fingerprint density at radius 1 is 0.356 bits per heavy atom. The number of hydrogen-bond acceptors (Lipinski definition) is 16. The van der Waals surface area contributed by atoms with Gasteiger partial charge in [0.2, 0.25) is 11.8 Å². The van der Waals surface area contributed by atoms with Gasteiger partial charge in [0.15, 0.2) is 0 Å². The van der Waals surface area contributed by atoms with E-state index in [4.69, 9.17) is 37.9 Å². The van der Waals surface area contributed by atoms with E-state index in [9.17, 15) is 42.7 Å². The van der Waals surface area contributed by atoms with E-state index >= 15 is 0 Å². The quantitative estimate of drug-likeness (QED) is 0.0169. The van der Waals surface area contributed by atoms with E-state index in [-0.39, 0.29) is 87.7 Å². The molecule has 530 valence electrons. The highest BCUT2D eigenvalue weighted by Crippen LogP contribution is 2.35. The van der Waals surface area contributed by atoms with E-state index in [1.165, 1.54) is 82.7 Å². The second kappa shape index (κ2) is 38.4. The second-order valence-electron chi connectivity index (χ2n) is 23.9. The van der Waals surface area contributed by atoms with Crippen molar-refractivity contribution in [2.45, 2.75) is 94.3 Å². The van der Waals surface area contributed by atoms with Crippen LogP contribution >= 0.6 is 0 Å². The van der Waals surface area contributed by atoms with Gasteiger partial charge in [0.25, 0.3) is 23.6 Å². The monoisotopic (exact) mass is 1380 g/mol. The van der Waals surface area contributed by atoms with Crippen LogP contribution in [0.2, 0.25) is 0 Å². The normalized spacial score (nSPS) is 10.6. The molecule has 0 radical (unpaired) electrons. The summed E-state index contributed by atoms with van der Waals surface area (Å²) >= 11 is 0. The van der Waals surface area contributed by atoms with Crippen molar-refractivity contribution in [1.82, 2.24) is 0 Å². The van der Waals surface area contributed by atoms with Crippen LogP contribution in [0.15, 0.2) is 164 Å². The van der Waals surface area contributed by atoms with Gasteiger partial charge in [-0.25, -0.2) is 14.0 Å². The van der Waals surface area contributed by atoms with Crippen LogP contribution in [0.3, 0.4) is 0 Å². The van der Waals surface area contributed by atoms with Crippen LogP contribution in [0.4, 0.5) is 38.5 Å². The maximum Gasteiger partial charge on any atom is 0.337 e. The third-order valence-corrected chi connectivity index (χ3v) is 14.6. The summed E-state index contributed by atoms with van der Waals surface area (Å²) in [7, 11) is 2.58. The molecule has 101 heavy (non-hydrogen) atoms. The molecule has 0 atom stereocenters. The lowest BCUT2D eigenvalue weighted by atomic mass is 10.1. The number of ether oxygens (including phenoxy) is 8. The summed E-state index contributed by atoms with van der Waals surface area (Å²) in [6.45, 7) is 16.5. The van der Waals surface area contributed by atoms with Crippen molar-refractivity contribution in [3.8, 4) is 34.5 Å². The third kappa shape index (κ3) is 23.8. The Kier molecular flexibility index (Phi) is 29.1. The molecule has 0 aromatic heterocycles. The maximum atomic E-state index is 13.6. The number of anilines is 6. The van der Waals surface area contributed by atoms with Crippen molar-refractivity contribution >= 4 is 81.5 Å². The molecule has 0 aliphatic heterocycles. The van der Waals surface area contributed by atoms with Gasteiger partial charge in [-0.2, -0.15) is 0 Å². The highest BCUT2D eigenvalue weighted by molar-refractivity contribution is 6.10. The minimum Gasteiger partial charge on any atom is -0.491 e. The zero-order valence-electron chi connectivity index (χ0n) is 58.2. The first kappa shape index (κ1) is 76.6. The summed E-state index contributed by atoms with van der Waals surface area (Å²) in [6, 6.07) is 43.3. The van der Waals surface area contributed by atoms with Gasteiger partial charge in [0, 0.05) is 36.1 Å². The average Bonchev–Trinajstić information content (AvgIpc) is 0.827. The Balaban J connectivity index is 0.000000283. The van der Waals surface area contributed by atoms with Crippen LogP contribution in [-0.2, 0) is 32.3 Å². The van der Waals surface area contributed by atoms with Crippen molar-refractivity contribution in [3.05, 3.63) is 214 Å². The number of carbonyl (C=O) groups is 8. The molecule has 6 amide bonds. The number of esters is 2. The lowest BCUT2D eigenvalue weighted by molar-refractivity contribution is -0.115. The molecule has 23 heteroatoms. The average molecular weight is 1380 g/mol. The predicted octanol–water partition coefficient (Wildman–Crippen LogP) is 15.6. The van der Waals surface area contributed by atoms with E-state index in [2.05, 4.69) is 31.9 Å². The molecule has 0 heterocycles. The van der Waals surface area contributed by atoms with Crippen LogP contribution in [0, 0.1) is 17.7 Å². The largest absolute Gasteiger partial charge is 0.491 e. The number of methoxy groups -OCH3 is 2. The number of benzene rings is 8. The molecule has 8 rings (SSSR count). The molecule has 0 saturated heterocycles. The SMILES string of the molecule is CCCCOc1cc(C(=O)Nc2ccc(C(=O)OC)cc2OCc2ccccc2)ccc1NC(=O)c1ccc(NC(C)=O)c(OCC(C)C)c1.CCCCOc1cc(C(=O)OC)ccc1NC(=O)c1ccc(NC(=O)c2ccc(NC(C)=O)c(OCc3ccc(F)cc3)c2)c(OCC(C)C)c1. The predicted molar refractivity (Wildman–Crippen MR) is 385 cm³/mol. The fraction of sp³-hybridized carbons (Fsp3) is 0.282. The zero-order chi connectivity index (χ0) is 73.0. The lowest BCUT2D eigenvalue weighted by Crippen LogP contribution is -2.17. The highest BCUT2D eigenvalue weighted by atomic mass is 19.1. The number of hydrogen-bond donors (Lipinski definition) is 6. The Morgan fingerprint density at radius 2 is 0.644 bits per heavy atom. The Bertz CT molecular complexity index is 4200. The minimum absolute atomic E-state index is 0.0659. The molecule has 0 aliphatic carbocycles. The first-order valence-corrected chi connectivity index (χ1v) is 32.9. The topological polar surface area (TPSA) is 283 Å². The number of carbonyl (C=O) groups excluding carboxylic acids is 8. The van der Waals surface area contributed by atoms with Crippen LogP contribution < -0.4 is 60.3 Å². The lowest BCUT2D eigenvalue weighted by Gasteiger charge is -2.17. The van der Waals surface area contributed by atoms with Crippen molar-refractivity contribution in [1.29, 1.82) is 0 Å². The van der Waals surface area contributed by atoms with E-state index in [0.29, 0.717) is 88.9 Å². The Hall–Kier alpha value is -11.8. The van der Waals surface area contributed by atoms with Gasteiger partial charge < -0.3 is 69.8 Å². The molecular formula is C78H85FN6O16. The molecule has 0 spiro atoms. The first-order valence-electron chi connectivity index (χ1n) is 32.9. The van der Waals surface area contributed by atoms with Gasteiger partial charge in [-0.3, -0.25) is 28.8 Å². The molecule has 22 nitrogen and oxygen atoms in total. The van der Waals surface area contributed by atoms with E-state index in [1.54, 1.807) is 78.9 Å². The molecule has 6 N–H and O–H groups in total. The molecule has 0 fully saturated rings. The third-order valence-electron chi connectivity index (χ3n) is 14.6. The van der Waals surface area contributed by atoms with Gasteiger partial charge in [-0.15, -0.1) is 0 Å². The molecule has 0 unspecified atom stereocenters. The van der Waals surface area contributed by atoms with Crippen LogP contribution in [0.25, 0.3) is 0 Å². The Morgan fingerprint density at radius 3 is 0.950 bits per heavy atom. The molecule has 0 aliphatic rings. The summed E-state index contributed by atoms with van der Waals surface area (Å²) < 4.78 is 58.9. The molecule has 8 aromatic carbocycles. The molecule has 8 aromatic rings. The highest BCUT2D eigenvalue weighted by Gasteiger charge is 2.22. The number of amides is 6. The zero-order valence-corrected chi connectivity index (χ0v) is 58.2. The van der Waals surface area contributed by atoms with Crippen LogP contribution in [0.1, 0.15) is 154 Å². The molecular weight excluding hydrogens is 1300 g/mol. The van der Waals surface area contributed by atoms with Gasteiger partial charge in [-0.05, 0) is 157 Å². The second-order valence-corrected chi connectivity index (χ2v) is 23.9.